The Labute approximate surface area is 242 Å². The highest BCUT2D eigenvalue weighted by molar-refractivity contribution is 5.93. The third-order valence-electron chi connectivity index (χ3n) is 6.27. The van der Waals surface area contributed by atoms with Gasteiger partial charge < -0.3 is 28.4 Å². The van der Waals surface area contributed by atoms with Crippen LogP contribution in [0.2, 0.25) is 0 Å². The van der Waals surface area contributed by atoms with Crippen LogP contribution in [-0.4, -0.2) is 50.3 Å². The van der Waals surface area contributed by atoms with Gasteiger partial charge >= 0.3 is 11.9 Å². The van der Waals surface area contributed by atoms with E-state index in [0.717, 1.165) is 38.5 Å². The van der Waals surface area contributed by atoms with E-state index >= 15 is 0 Å². The molecule has 1 aromatic carbocycles. The molecule has 0 aromatic heterocycles. The lowest BCUT2D eigenvalue weighted by Crippen LogP contribution is -2.28. The zero-order chi connectivity index (χ0) is 29.6. The molecule has 0 aliphatic rings. The monoisotopic (exact) mass is 566 g/mol. The molecule has 0 radical (unpaired) electrons. The van der Waals surface area contributed by atoms with Crippen molar-refractivity contribution < 1.29 is 38.0 Å². The number of ether oxygens (including phenoxy) is 6. The van der Waals surface area contributed by atoms with E-state index in [1.54, 1.807) is 24.3 Å². The van der Waals surface area contributed by atoms with Crippen molar-refractivity contribution in [2.75, 3.05) is 13.2 Å². The van der Waals surface area contributed by atoms with E-state index in [-0.39, 0.29) is 0 Å². The van der Waals surface area contributed by atoms with Crippen molar-refractivity contribution in [3.8, 4) is 0 Å². The van der Waals surface area contributed by atoms with Gasteiger partial charge in [0, 0.05) is 26.1 Å². The highest BCUT2D eigenvalue weighted by atomic mass is 16.8. The van der Waals surface area contributed by atoms with E-state index in [1.165, 1.54) is 25.7 Å². The lowest BCUT2D eigenvalue weighted by Gasteiger charge is -2.23. The summed E-state index contributed by atoms with van der Waals surface area (Å²) in [7, 11) is 0. The van der Waals surface area contributed by atoms with E-state index in [1.807, 2.05) is 27.7 Å². The summed E-state index contributed by atoms with van der Waals surface area (Å²) in [4.78, 5) is 25.5. The van der Waals surface area contributed by atoms with Crippen LogP contribution in [0.3, 0.4) is 0 Å². The maximum atomic E-state index is 12.8. The Kier molecular flexibility index (Phi) is 20.4. The van der Waals surface area contributed by atoms with Crippen molar-refractivity contribution in [3.63, 3.8) is 0 Å². The van der Waals surface area contributed by atoms with Gasteiger partial charge in [-0.25, -0.2) is 9.59 Å². The first-order valence-electron chi connectivity index (χ1n) is 15.4. The molecule has 0 saturated heterocycles. The molecule has 0 fully saturated rings. The van der Waals surface area contributed by atoms with Gasteiger partial charge in [-0.1, -0.05) is 79.1 Å². The fourth-order valence-corrected chi connectivity index (χ4v) is 3.96. The molecule has 230 valence electrons. The SMILES string of the molecule is CCCCCCOC(C)OC(CCC)OC(=O)c1ccc(C(=O)OC(CCC)OC(C)OCCCCCC)cc1. The highest BCUT2D eigenvalue weighted by Gasteiger charge is 2.21. The molecule has 0 spiro atoms. The third kappa shape index (κ3) is 16.3. The molecule has 4 atom stereocenters. The zero-order valence-electron chi connectivity index (χ0n) is 25.8. The average molecular weight is 567 g/mol. The van der Waals surface area contributed by atoms with Crippen molar-refractivity contribution in [2.24, 2.45) is 0 Å². The summed E-state index contributed by atoms with van der Waals surface area (Å²) in [6, 6.07) is 6.20. The predicted molar refractivity (Wildman–Crippen MR) is 156 cm³/mol. The van der Waals surface area contributed by atoms with Gasteiger partial charge in [0.2, 0.25) is 12.6 Å². The molecule has 0 N–H and O–H groups in total. The molecule has 0 heterocycles. The zero-order valence-corrected chi connectivity index (χ0v) is 25.8. The summed E-state index contributed by atoms with van der Waals surface area (Å²) in [6.07, 6.45) is 9.23. The van der Waals surface area contributed by atoms with Crippen molar-refractivity contribution in [3.05, 3.63) is 35.4 Å². The van der Waals surface area contributed by atoms with Crippen LogP contribution in [0.1, 0.15) is 139 Å². The van der Waals surface area contributed by atoms with Crippen LogP contribution in [0, 0.1) is 0 Å². The van der Waals surface area contributed by atoms with Crippen LogP contribution in [0.25, 0.3) is 0 Å². The lowest BCUT2D eigenvalue weighted by molar-refractivity contribution is -0.223. The molecular weight excluding hydrogens is 512 g/mol. The van der Waals surface area contributed by atoms with Crippen LogP contribution in [0.5, 0.6) is 0 Å². The normalized spacial score (nSPS) is 14.3. The fourth-order valence-electron chi connectivity index (χ4n) is 3.96. The maximum absolute atomic E-state index is 12.8. The Morgan fingerprint density at radius 1 is 0.575 bits per heavy atom. The van der Waals surface area contributed by atoms with E-state index < -0.39 is 37.1 Å². The number of carbonyl (C=O) groups excluding carboxylic acids is 2. The van der Waals surface area contributed by atoms with Gasteiger partial charge in [-0.2, -0.15) is 0 Å². The first-order chi connectivity index (χ1) is 19.3. The number of rotatable bonds is 24. The number of esters is 2. The number of hydrogen-bond acceptors (Lipinski definition) is 8. The first kappa shape index (κ1) is 36.0. The van der Waals surface area contributed by atoms with Crippen LogP contribution in [-0.2, 0) is 28.4 Å². The Balaban J connectivity index is 2.60. The minimum absolute atomic E-state index is 0.320. The molecule has 0 amide bonds. The Morgan fingerprint density at radius 2 is 0.950 bits per heavy atom. The molecular formula is C32H54O8. The van der Waals surface area contributed by atoms with Crippen LogP contribution in [0.4, 0.5) is 0 Å². The van der Waals surface area contributed by atoms with Gasteiger partial charge in [0.05, 0.1) is 11.1 Å². The lowest BCUT2D eigenvalue weighted by atomic mass is 10.1. The fraction of sp³-hybridized carbons (Fsp3) is 0.750. The van der Waals surface area contributed by atoms with Crippen molar-refractivity contribution in [1.29, 1.82) is 0 Å². The standard InChI is InChI=1S/C32H54O8/c1-7-11-13-15-23-35-25(5)37-29(17-9-3)39-31(33)27-19-21-28(22-20-27)32(34)40-30(18-10-4)38-26(6)36-24-16-14-12-8-2/h19-22,25-26,29-30H,7-18,23-24H2,1-6H3. The summed E-state index contributed by atoms with van der Waals surface area (Å²) >= 11 is 0. The summed E-state index contributed by atoms with van der Waals surface area (Å²) in [6.45, 7) is 13.2. The molecule has 40 heavy (non-hydrogen) atoms. The predicted octanol–water partition coefficient (Wildman–Crippen LogP) is 8.17. The maximum Gasteiger partial charge on any atom is 0.340 e. The second-order valence-electron chi connectivity index (χ2n) is 10.1. The first-order valence-corrected chi connectivity index (χ1v) is 15.4. The number of hydrogen-bond donors (Lipinski definition) is 0. The minimum atomic E-state index is -0.712. The Morgan fingerprint density at radius 3 is 1.27 bits per heavy atom. The summed E-state index contributed by atoms with van der Waals surface area (Å²) in [5.41, 5.74) is 0.640. The minimum Gasteiger partial charge on any atom is -0.432 e. The second kappa shape index (κ2) is 22.7. The largest absolute Gasteiger partial charge is 0.432 e. The van der Waals surface area contributed by atoms with E-state index in [2.05, 4.69) is 13.8 Å². The second-order valence-corrected chi connectivity index (χ2v) is 10.1. The van der Waals surface area contributed by atoms with Gasteiger partial charge in [-0.05, 0) is 51.0 Å². The molecule has 0 aliphatic carbocycles. The van der Waals surface area contributed by atoms with Gasteiger partial charge in [0.1, 0.15) is 0 Å². The Hall–Kier alpha value is -2.00. The summed E-state index contributed by atoms with van der Waals surface area (Å²) in [5, 5.41) is 0. The smallest absolute Gasteiger partial charge is 0.340 e. The van der Waals surface area contributed by atoms with Gasteiger partial charge in [-0.15, -0.1) is 0 Å². The molecule has 1 aromatic rings. The Bertz CT molecular complexity index is 717. The quantitative estimate of drug-likeness (QED) is 0.0703. The molecule has 1 rings (SSSR count). The van der Waals surface area contributed by atoms with Gasteiger partial charge in [0.15, 0.2) is 12.6 Å². The van der Waals surface area contributed by atoms with E-state index in [4.69, 9.17) is 28.4 Å². The topological polar surface area (TPSA) is 89.5 Å². The molecule has 0 bridgehead atoms. The summed E-state index contributed by atoms with van der Waals surface area (Å²) < 4.78 is 34.3. The highest BCUT2D eigenvalue weighted by Crippen LogP contribution is 2.16. The van der Waals surface area contributed by atoms with Crippen LogP contribution >= 0.6 is 0 Å². The molecule has 8 nitrogen and oxygen atoms in total. The number of carbonyl (C=O) groups is 2. The summed E-state index contributed by atoms with van der Waals surface area (Å²) in [5.74, 6) is -1.05. The van der Waals surface area contributed by atoms with Crippen LogP contribution in [0.15, 0.2) is 24.3 Å². The van der Waals surface area contributed by atoms with Crippen molar-refractivity contribution >= 4 is 11.9 Å². The van der Waals surface area contributed by atoms with E-state index in [0.29, 0.717) is 37.2 Å². The van der Waals surface area contributed by atoms with Gasteiger partial charge in [0.25, 0.3) is 0 Å². The number of benzene rings is 1. The average Bonchev–Trinajstić information content (AvgIpc) is 2.93. The molecule has 8 heteroatoms. The van der Waals surface area contributed by atoms with Crippen molar-refractivity contribution in [2.45, 2.75) is 144 Å². The molecule has 0 aliphatic heterocycles. The molecule has 4 unspecified atom stereocenters. The van der Waals surface area contributed by atoms with Crippen LogP contribution < -0.4 is 0 Å². The van der Waals surface area contributed by atoms with Gasteiger partial charge in [-0.3, -0.25) is 0 Å². The third-order valence-corrected chi connectivity index (χ3v) is 6.27. The van der Waals surface area contributed by atoms with E-state index in [9.17, 15) is 9.59 Å². The molecule has 0 saturated carbocycles. The van der Waals surface area contributed by atoms with Crippen molar-refractivity contribution in [1.82, 2.24) is 0 Å². The number of unbranched alkanes of at least 4 members (excludes halogenated alkanes) is 6.